The summed E-state index contributed by atoms with van der Waals surface area (Å²) >= 11 is 12.1. The van der Waals surface area contributed by atoms with Crippen LogP contribution in [0.15, 0.2) is 30.6 Å². The van der Waals surface area contributed by atoms with Gasteiger partial charge in [0.05, 0.1) is 5.56 Å². The Labute approximate surface area is 113 Å². The van der Waals surface area contributed by atoms with Crippen LogP contribution in [0.2, 0.25) is 10.0 Å². The number of carboxylic acids is 1. The van der Waals surface area contributed by atoms with Gasteiger partial charge < -0.3 is 5.11 Å². The largest absolute Gasteiger partial charge is 0.478 e. The van der Waals surface area contributed by atoms with E-state index >= 15 is 0 Å². The summed E-state index contributed by atoms with van der Waals surface area (Å²) in [5.74, 6) is -0.590. The van der Waals surface area contributed by atoms with Gasteiger partial charge >= 0.3 is 5.97 Å². The fourth-order valence-electron chi connectivity index (χ4n) is 1.42. The van der Waals surface area contributed by atoms with Crippen molar-refractivity contribution >= 4 is 29.2 Å². The first-order chi connectivity index (χ1) is 8.58. The third-order valence-electron chi connectivity index (χ3n) is 2.35. The second kappa shape index (κ2) is 5.33. The van der Waals surface area contributed by atoms with Crippen molar-refractivity contribution in [1.29, 1.82) is 0 Å². The second-order valence-electron chi connectivity index (χ2n) is 3.57. The van der Waals surface area contributed by atoms with Crippen LogP contribution in [0.1, 0.15) is 21.7 Å². The molecule has 0 bridgehead atoms. The van der Waals surface area contributed by atoms with E-state index in [-0.39, 0.29) is 5.56 Å². The molecule has 2 aromatic rings. The summed E-state index contributed by atoms with van der Waals surface area (Å²) in [4.78, 5) is 18.6. The van der Waals surface area contributed by atoms with Crippen molar-refractivity contribution in [1.82, 2.24) is 9.97 Å². The lowest BCUT2D eigenvalue weighted by molar-refractivity contribution is 0.0696. The van der Waals surface area contributed by atoms with Crippen LogP contribution in [0.25, 0.3) is 0 Å². The predicted molar refractivity (Wildman–Crippen MR) is 68.3 cm³/mol. The maximum atomic E-state index is 10.7. The van der Waals surface area contributed by atoms with Gasteiger partial charge in [-0.1, -0.05) is 29.3 Å². The maximum Gasteiger partial charge on any atom is 0.338 e. The lowest BCUT2D eigenvalue weighted by Gasteiger charge is -2.05. The van der Waals surface area contributed by atoms with Gasteiger partial charge in [-0.3, -0.25) is 0 Å². The number of rotatable bonds is 3. The number of halogens is 2. The van der Waals surface area contributed by atoms with Gasteiger partial charge in [0.25, 0.3) is 0 Å². The van der Waals surface area contributed by atoms with Crippen LogP contribution in [-0.2, 0) is 6.42 Å². The maximum absolute atomic E-state index is 10.7. The number of aromatic carboxylic acids is 1. The number of nitrogens with zero attached hydrogens (tertiary/aromatic N) is 2. The summed E-state index contributed by atoms with van der Waals surface area (Å²) in [5, 5.41) is 9.80. The predicted octanol–water partition coefficient (Wildman–Crippen LogP) is 3.07. The molecule has 1 aromatic carbocycles. The SMILES string of the molecule is O=C(O)c1cnc(Cc2c(Cl)cccc2Cl)nc1. The lowest BCUT2D eigenvalue weighted by Crippen LogP contribution is -2.02. The second-order valence-corrected chi connectivity index (χ2v) is 4.38. The zero-order valence-corrected chi connectivity index (χ0v) is 10.6. The molecule has 0 atom stereocenters. The molecule has 0 radical (unpaired) electrons. The van der Waals surface area contributed by atoms with E-state index < -0.39 is 5.97 Å². The summed E-state index contributed by atoms with van der Waals surface area (Å²) in [6.07, 6.45) is 2.88. The first-order valence-corrected chi connectivity index (χ1v) is 5.80. The van der Waals surface area contributed by atoms with E-state index in [2.05, 4.69) is 9.97 Å². The van der Waals surface area contributed by atoms with Gasteiger partial charge in [-0.2, -0.15) is 0 Å². The van der Waals surface area contributed by atoms with Crippen LogP contribution < -0.4 is 0 Å². The zero-order valence-electron chi connectivity index (χ0n) is 9.10. The van der Waals surface area contributed by atoms with E-state index in [0.717, 1.165) is 5.56 Å². The van der Waals surface area contributed by atoms with Gasteiger partial charge in [0, 0.05) is 28.9 Å². The highest BCUT2D eigenvalue weighted by atomic mass is 35.5. The first kappa shape index (κ1) is 12.8. The highest BCUT2D eigenvalue weighted by molar-refractivity contribution is 6.36. The molecule has 1 aromatic heterocycles. The van der Waals surface area contributed by atoms with Crippen molar-refractivity contribution in [2.75, 3.05) is 0 Å². The van der Waals surface area contributed by atoms with Crippen molar-refractivity contribution in [2.45, 2.75) is 6.42 Å². The van der Waals surface area contributed by atoms with Crippen molar-refractivity contribution in [3.8, 4) is 0 Å². The van der Waals surface area contributed by atoms with Gasteiger partial charge in [-0.15, -0.1) is 0 Å². The molecule has 6 heteroatoms. The van der Waals surface area contributed by atoms with Crippen LogP contribution in [0.5, 0.6) is 0 Å². The normalized spacial score (nSPS) is 10.3. The van der Waals surface area contributed by atoms with Gasteiger partial charge in [0.2, 0.25) is 0 Å². The van der Waals surface area contributed by atoms with Crippen LogP contribution in [-0.4, -0.2) is 21.0 Å². The van der Waals surface area contributed by atoms with E-state index in [1.807, 2.05) is 0 Å². The van der Waals surface area contributed by atoms with E-state index in [9.17, 15) is 4.79 Å². The van der Waals surface area contributed by atoms with E-state index in [1.165, 1.54) is 12.4 Å². The zero-order chi connectivity index (χ0) is 13.1. The minimum atomic E-state index is -1.06. The molecule has 2 rings (SSSR count). The van der Waals surface area contributed by atoms with Crippen molar-refractivity contribution in [3.05, 3.63) is 57.6 Å². The average molecular weight is 283 g/mol. The van der Waals surface area contributed by atoms with Crippen molar-refractivity contribution in [3.63, 3.8) is 0 Å². The number of benzene rings is 1. The molecule has 0 aliphatic heterocycles. The third kappa shape index (κ3) is 2.78. The number of hydrogen-bond acceptors (Lipinski definition) is 3. The topological polar surface area (TPSA) is 63.1 Å². The molecule has 1 N–H and O–H groups in total. The van der Waals surface area contributed by atoms with E-state index in [0.29, 0.717) is 22.3 Å². The molecule has 92 valence electrons. The number of carbonyl (C=O) groups is 1. The molecule has 0 aliphatic carbocycles. The number of aromatic nitrogens is 2. The number of hydrogen-bond donors (Lipinski definition) is 1. The molecule has 0 unspecified atom stereocenters. The van der Waals surface area contributed by atoms with Crippen LogP contribution in [0.3, 0.4) is 0 Å². The van der Waals surface area contributed by atoms with Gasteiger partial charge in [0.1, 0.15) is 5.82 Å². The standard InChI is InChI=1S/C12H8Cl2N2O2/c13-9-2-1-3-10(14)8(9)4-11-15-5-7(6-16-11)12(17)18/h1-3,5-6H,4H2,(H,17,18). The molecule has 0 amide bonds. The quantitative estimate of drug-likeness (QED) is 0.940. The third-order valence-corrected chi connectivity index (χ3v) is 3.06. The Morgan fingerprint density at radius 1 is 1.17 bits per heavy atom. The smallest absolute Gasteiger partial charge is 0.338 e. The molecule has 18 heavy (non-hydrogen) atoms. The summed E-state index contributed by atoms with van der Waals surface area (Å²) in [7, 11) is 0. The monoisotopic (exact) mass is 282 g/mol. The Morgan fingerprint density at radius 3 is 2.22 bits per heavy atom. The minimum absolute atomic E-state index is 0.0454. The molecule has 0 saturated carbocycles. The van der Waals surface area contributed by atoms with Gasteiger partial charge in [-0.25, -0.2) is 14.8 Å². The van der Waals surface area contributed by atoms with Crippen LogP contribution in [0, 0.1) is 0 Å². The van der Waals surface area contributed by atoms with E-state index in [1.54, 1.807) is 18.2 Å². The summed E-state index contributed by atoms with van der Waals surface area (Å²) < 4.78 is 0. The molecule has 0 spiro atoms. The Balaban J connectivity index is 2.26. The molecule has 0 fully saturated rings. The van der Waals surface area contributed by atoms with Gasteiger partial charge in [-0.05, 0) is 17.7 Å². The summed E-state index contributed by atoms with van der Waals surface area (Å²) in [5.41, 5.74) is 0.771. The molecular formula is C12H8Cl2N2O2. The summed E-state index contributed by atoms with van der Waals surface area (Å²) in [6.45, 7) is 0. The van der Waals surface area contributed by atoms with Crippen LogP contribution in [0.4, 0.5) is 0 Å². The van der Waals surface area contributed by atoms with Crippen molar-refractivity contribution < 1.29 is 9.90 Å². The fraction of sp³-hybridized carbons (Fsp3) is 0.0833. The Bertz CT molecular complexity index is 565. The Kier molecular flexibility index (Phi) is 3.79. The van der Waals surface area contributed by atoms with Crippen molar-refractivity contribution in [2.24, 2.45) is 0 Å². The molecule has 4 nitrogen and oxygen atoms in total. The van der Waals surface area contributed by atoms with Gasteiger partial charge in [0.15, 0.2) is 0 Å². The average Bonchev–Trinajstić information content (AvgIpc) is 2.34. The Hall–Kier alpha value is -1.65. The number of carboxylic acid groups (broad SMARTS) is 1. The molecule has 0 saturated heterocycles. The first-order valence-electron chi connectivity index (χ1n) is 5.05. The Morgan fingerprint density at radius 2 is 1.72 bits per heavy atom. The fourth-order valence-corrected chi connectivity index (χ4v) is 1.95. The lowest BCUT2D eigenvalue weighted by atomic mass is 10.1. The summed E-state index contributed by atoms with van der Waals surface area (Å²) in [6, 6.07) is 5.21. The molecular weight excluding hydrogens is 275 g/mol. The van der Waals surface area contributed by atoms with Crippen LogP contribution >= 0.6 is 23.2 Å². The highest BCUT2D eigenvalue weighted by Gasteiger charge is 2.09. The molecule has 1 heterocycles. The highest BCUT2D eigenvalue weighted by Crippen LogP contribution is 2.25. The molecule has 0 aliphatic rings. The van der Waals surface area contributed by atoms with E-state index in [4.69, 9.17) is 28.3 Å². The minimum Gasteiger partial charge on any atom is -0.478 e.